The summed E-state index contributed by atoms with van der Waals surface area (Å²) >= 11 is 0. The number of nitrogens with zero attached hydrogens (tertiary/aromatic N) is 3. The van der Waals surface area contributed by atoms with Crippen molar-refractivity contribution < 1.29 is 49.5 Å². The molecular formula is C16H29N3O10. The van der Waals surface area contributed by atoms with Crippen LogP contribution in [0, 0.1) is 0 Å². The second-order valence-corrected chi connectivity index (χ2v) is 5.67. The highest BCUT2D eigenvalue weighted by molar-refractivity contribution is 5.73. The SMILES string of the molecule is CC.O=C(O)CN(CCN(CC(=O)O)CC(=O)O)CCN(CC(=O)O)CC(=O)O. The number of carboxylic acid groups (broad SMARTS) is 5. The van der Waals surface area contributed by atoms with Gasteiger partial charge in [0, 0.05) is 26.2 Å². The van der Waals surface area contributed by atoms with Crippen molar-refractivity contribution in [2.45, 2.75) is 13.8 Å². The minimum absolute atomic E-state index is 0.000836. The molecule has 0 aromatic carbocycles. The fraction of sp³-hybridized carbons (Fsp3) is 0.688. The van der Waals surface area contributed by atoms with Crippen molar-refractivity contribution >= 4 is 29.8 Å². The Labute approximate surface area is 167 Å². The van der Waals surface area contributed by atoms with Crippen LogP contribution >= 0.6 is 0 Å². The molecule has 0 amide bonds. The lowest BCUT2D eigenvalue weighted by Gasteiger charge is -2.27. The zero-order valence-corrected chi connectivity index (χ0v) is 16.5. The summed E-state index contributed by atoms with van der Waals surface area (Å²) in [4.78, 5) is 57.6. The fourth-order valence-electron chi connectivity index (χ4n) is 2.22. The molecule has 5 N–H and O–H groups in total. The first-order valence-corrected chi connectivity index (χ1v) is 8.75. The number of rotatable bonds is 16. The van der Waals surface area contributed by atoms with Crippen molar-refractivity contribution in [2.75, 3.05) is 58.9 Å². The van der Waals surface area contributed by atoms with E-state index in [1.807, 2.05) is 13.8 Å². The Morgan fingerprint density at radius 1 is 0.448 bits per heavy atom. The van der Waals surface area contributed by atoms with Gasteiger partial charge < -0.3 is 25.5 Å². The summed E-state index contributed by atoms with van der Waals surface area (Å²) in [5, 5.41) is 44.1. The molecule has 0 spiro atoms. The maximum atomic E-state index is 11.0. The van der Waals surface area contributed by atoms with E-state index in [0.717, 1.165) is 9.80 Å². The van der Waals surface area contributed by atoms with Crippen LogP contribution in [0.1, 0.15) is 13.8 Å². The van der Waals surface area contributed by atoms with Crippen molar-refractivity contribution in [1.29, 1.82) is 0 Å². The van der Waals surface area contributed by atoms with Gasteiger partial charge in [-0.25, -0.2) is 0 Å². The standard InChI is InChI=1S/C14H23N3O10.C2H6/c18-10(19)5-15(1-3-16(6-11(20)21)7-12(22)23)2-4-17(8-13(24)25)9-14(26)27;1-2/h1-9H2,(H,18,19)(H,20,21)(H,22,23)(H,24,25)(H,26,27);1-2H3. The number of carboxylic acids is 5. The lowest BCUT2D eigenvalue weighted by Crippen LogP contribution is -2.45. The van der Waals surface area contributed by atoms with E-state index in [1.165, 1.54) is 4.90 Å². The van der Waals surface area contributed by atoms with Gasteiger partial charge in [-0.05, 0) is 0 Å². The molecule has 0 aliphatic carbocycles. The monoisotopic (exact) mass is 423 g/mol. The van der Waals surface area contributed by atoms with Crippen molar-refractivity contribution in [2.24, 2.45) is 0 Å². The zero-order chi connectivity index (χ0) is 23.0. The number of hydrogen-bond acceptors (Lipinski definition) is 8. The topological polar surface area (TPSA) is 196 Å². The highest BCUT2D eigenvalue weighted by Crippen LogP contribution is 1.97. The number of hydrogen-bond donors (Lipinski definition) is 5. The Kier molecular flexibility index (Phi) is 15.9. The number of carbonyl (C=O) groups is 5. The fourth-order valence-corrected chi connectivity index (χ4v) is 2.22. The Bertz CT molecular complexity index is 483. The molecule has 0 radical (unpaired) electrons. The zero-order valence-electron chi connectivity index (χ0n) is 16.5. The van der Waals surface area contributed by atoms with Crippen molar-refractivity contribution in [3.63, 3.8) is 0 Å². The maximum absolute atomic E-state index is 11.0. The van der Waals surface area contributed by atoms with Gasteiger partial charge in [-0.3, -0.25) is 38.7 Å². The van der Waals surface area contributed by atoms with Crippen LogP contribution in [0.15, 0.2) is 0 Å². The normalized spacial score (nSPS) is 10.5. The molecule has 0 bridgehead atoms. The largest absolute Gasteiger partial charge is 0.480 e. The first kappa shape index (κ1) is 28.4. The maximum Gasteiger partial charge on any atom is 0.317 e. The Morgan fingerprint density at radius 3 is 0.828 bits per heavy atom. The highest BCUT2D eigenvalue weighted by Gasteiger charge is 2.19. The van der Waals surface area contributed by atoms with E-state index in [1.54, 1.807) is 0 Å². The van der Waals surface area contributed by atoms with Crippen LogP contribution in [0.3, 0.4) is 0 Å². The van der Waals surface area contributed by atoms with E-state index in [4.69, 9.17) is 25.5 Å². The van der Waals surface area contributed by atoms with Gasteiger partial charge >= 0.3 is 29.8 Å². The third-order valence-electron chi connectivity index (χ3n) is 3.26. The predicted molar refractivity (Wildman–Crippen MR) is 98.8 cm³/mol. The molecule has 0 aliphatic heterocycles. The van der Waals surface area contributed by atoms with E-state index >= 15 is 0 Å². The molecule has 0 saturated heterocycles. The smallest absolute Gasteiger partial charge is 0.317 e. The highest BCUT2D eigenvalue weighted by atomic mass is 16.4. The quantitative estimate of drug-likeness (QED) is 0.189. The van der Waals surface area contributed by atoms with Gasteiger partial charge in [-0.1, -0.05) is 13.8 Å². The summed E-state index contributed by atoms with van der Waals surface area (Å²) in [6, 6.07) is 0. The first-order chi connectivity index (χ1) is 13.5. The summed E-state index contributed by atoms with van der Waals surface area (Å²) in [5.74, 6) is -6.16. The summed E-state index contributed by atoms with van der Waals surface area (Å²) in [5.41, 5.74) is 0. The van der Waals surface area contributed by atoms with Gasteiger partial charge in [0.2, 0.25) is 0 Å². The van der Waals surface area contributed by atoms with E-state index in [-0.39, 0.29) is 26.2 Å². The Balaban J connectivity index is 0. The van der Waals surface area contributed by atoms with Crippen LogP contribution in [0.2, 0.25) is 0 Å². The van der Waals surface area contributed by atoms with Gasteiger partial charge in [0.1, 0.15) is 0 Å². The van der Waals surface area contributed by atoms with Crippen LogP contribution in [0.4, 0.5) is 0 Å². The van der Waals surface area contributed by atoms with Gasteiger partial charge in [0.05, 0.1) is 32.7 Å². The van der Waals surface area contributed by atoms with Gasteiger partial charge in [0.15, 0.2) is 0 Å². The molecule has 0 fully saturated rings. The first-order valence-electron chi connectivity index (χ1n) is 8.75. The van der Waals surface area contributed by atoms with Crippen molar-refractivity contribution in [1.82, 2.24) is 14.7 Å². The predicted octanol–water partition coefficient (Wildman–Crippen LogP) is -1.66. The average Bonchev–Trinajstić information content (AvgIpc) is 2.56. The lowest BCUT2D eigenvalue weighted by atomic mass is 10.3. The Morgan fingerprint density at radius 2 is 0.621 bits per heavy atom. The molecular weight excluding hydrogens is 394 g/mol. The minimum atomic E-state index is -1.24. The van der Waals surface area contributed by atoms with Crippen LogP contribution in [-0.4, -0.2) is 129 Å². The van der Waals surface area contributed by atoms with Crippen LogP contribution in [0.25, 0.3) is 0 Å². The molecule has 0 aromatic rings. The van der Waals surface area contributed by atoms with E-state index in [2.05, 4.69) is 0 Å². The molecule has 13 heteroatoms. The summed E-state index contributed by atoms with van der Waals surface area (Å²) in [6.45, 7) is 1.26. The summed E-state index contributed by atoms with van der Waals surface area (Å²) < 4.78 is 0. The Hall–Kier alpha value is -2.77. The van der Waals surface area contributed by atoms with Crippen LogP contribution < -0.4 is 0 Å². The summed E-state index contributed by atoms with van der Waals surface area (Å²) in [7, 11) is 0. The number of aliphatic carboxylic acids is 5. The second kappa shape index (κ2) is 16.2. The molecule has 0 aliphatic rings. The third kappa shape index (κ3) is 18.4. The van der Waals surface area contributed by atoms with Crippen molar-refractivity contribution in [3.05, 3.63) is 0 Å². The average molecular weight is 423 g/mol. The second-order valence-electron chi connectivity index (χ2n) is 5.67. The van der Waals surface area contributed by atoms with E-state index in [0.29, 0.717) is 0 Å². The van der Waals surface area contributed by atoms with Gasteiger partial charge in [-0.2, -0.15) is 0 Å². The van der Waals surface area contributed by atoms with E-state index in [9.17, 15) is 24.0 Å². The van der Waals surface area contributed by atoms with Gasteiger partial charge in [0.25, 0.3) is 0 Å². The molecule has 13 nitrogen and oxygen atoms in total. The lowest BCUT2D eigenvalue weighted by molar-refractivity contribution is -0.143. The van der Waals surface area contributed by atoms with Crippen LogP contribution in [-0.2, 0) is 24.0 Å². The van der Waals surface area contributed by atoms with E-state index < -0.39 is 62.6 Å². The molecule has 29 heavy (non-hydrogen) atoms. The molecule has 0 atom stereocenters. The minimum Gasteiger partial charge on any atom is -0.480 e. The summed E-state index contributed by atoms with van der Waals surface area (Å²) in [6.07, 6.45) is 0. The third-order valence-corrected chi connectivity index (χ3v) is 3.26. The molecule has 0 aromatic heterocycles. The van der Waals surface area contributed by atoms with Crippen LogP contribution in [0.5, 0.6) is 0 Å². The molecule has 0 saturated carbocycles. The molecule has 0 heterocycles. The molecule has 0 rings (SSSR count). The van der Waals surface area contributed by atoms with Crippen molar-refractivity contribution in [3.8, 4) is 0 Å². The molecule has 168 valence electrons. The van der Waals surface area contributed by atoms with Gasteiger partial charge in [-0.15, -0.1) is 0 Å². The molecule has 0 unspecified atom stereocenters.